The number of rotatable bonds is 8. The normalized spacial score (nSPS) is 60.3. The summed E-state index contributed by atoms with van der Waals surface area (Å²) in [7, 11) is 0. The molecule has 378 valence electrons. The van der Waals surface area contributed by atoms with Crippen LogP contribution in [-0.2, 0) is 37.9 Å². The predicted octanol–water partition coefficient (Wildman–Crippen LogP) is -1.23. The van der Waals surface area contributed by atoms with Crippen molar-refractivity contribution in [2.75, 3.05) is 19.8 Å². The van der Waals surface area contributed by atoms with Crippen molar-refractivity contribution in [2.24, 2.45) is 50.7 Å². The molecule has 0 aromatic rings. The van der Waals surface area contributed by atoms with Crippen LogP contribution in [0.3, 0.4) is 0 Å². The summed E-state index contributed by atoms with van der Waals surface area (Å²) in [6, 6.07) is 0. The number of hydrogen-bond acceptors (Lipinski definition) is 19. The first-order chi connectivity index (χ1) is 30.9. The van der Waals surface area contributed by atoms with Crippen molar-refractivity contribution in [2.45, 2.75) is 222 Å². The summed E-state index contributed by atoms with van der Waals surface area (Å²) in [5.41, 5.74) is -1.24. The quantitative estimate of drug-likeness (QED) is 0.127. The van der Waals surface area contributed by atoms with E-state index in [1.807, 2.05) is 13.8 Å². The SMILES string of the molecule is C[C@H]1[C@H]2[C@H](C[C@@]3(C)[C@@H]4CC[C@H]5C(C)(C)[C@@H](O[C@@H]6OC[C@@H](O)[C@H](O)[C@H]6O[C@@H]6O[C@H](CO)[C@@H](O)[C@H](O)[C@H]6O[C@@H]6O[C@H](CO)[C@@H](O)[C@H](O)[C@H]6O)CC[C@@]56C[C@@]46CC[C@]23C)O[C@@]2(O)[C@@H]1OC(C)(C)[C@H]2O. The summed E-state index contributed by atoms with van der Waals surface area (Å²) >= 11 is 0. The van der Waals surface area contributed by atoms with E-state index in [0.717, 1.165) is 44.9 Å². The average Bonchev–Trinajstić information content (AvgIpc) is 3.81. The summed E-state index contributed by atoms with van der Waals surface area (Å²) in [5, 5.41) is 119. The number of fused-ring (bicyclic) bond motifs is 5. The molecule has 0 bridgehead atoms. The Bertz CT molecular complexity index is 1820. The molecule has 10 fully saturated rings. The van der Waals surface area contributed by atoms with Gasteiger partial charge in [-0.3, -0.25) is 0 Å². The second-order valence-electron chi connectivity index (χ2n) is 23.9. The molecular weight excluding hydrogens is 868 g/mol. The van der Waals surface area contributed by atoms with Crippen LogP contribution in [0.5, 0.6) is 0 Å². The van der Waals surface area contributed by atoms with Crippen LogP contribution < -0.4 is 0 Å². The third kappa shape index (κ3) is 6.56. The Kier molecular flexibility index (Phi) is 11.9. The highest BCUT2D eigenvalue weighted by atomic mass is 16.8. The zero-order chi connectivity index (χ0) is 47.6. The fourth-order valence-electron chi connectivity index (χ4n) is 16.9. The van der Waals surface area contributed by atoms with Crippen molar-refractivity contribution in [3.8, 4) is 0 Å². The van der Waals surface area contributed by atoms with Gasteiger partial charge in [-0.15, -0.1) is 0 Å². The van der Waals surface area contributed by atoms with Crippen molar-refractivity contribution in [1.29, 1.82) is 0 Å². The van der Waals surface area contributed by atoms with Crippen molar-refractivity contribution in [1.82, 2.24) is 0 Å². The van der Waals surface area contributed by atoms with Gasteiger partial charge in [-0.25, -0.2) is 0 Å². The van der Waals surface area contributed by atoms with Crippen molar-refractivity contribution in [3.63, 3.8) is 0 Å². The van der Waals surface area contributed by atoms with Crippen LogP contribution in [0.1, 0.15) is 99.8 Å². The largest absolute Gasteiger partial charge is 0.394 e. The van der Waals surface area contributed by atoms with E-state index in [-0.39, 0.29) is 63.6 Å². The summed E-state index contributed by atoms with van der Waals surface area (Å²) in [6.07, 6.45) is -17.4. The van der Waals surface area contributed by atoms with Crippen LogP contribution in [0.25, 0.3) is 0 Å². The third-order valence-electron chi connectivity index (χ3n) is 20.3. The monoisotopic (exact) mass is 944 g/mol. The Morgan fingerprint density at radius 1 is 0.606 bits per heavy atom. The molecule has 0 radical (unpaired) electrons. The highest BCUT2D eigenvalue weighted by Crippen LogP contribution is 2.89. The summed E-state index contributed by atoms with van der Waals surface area (Å²) in [5.74, 6) is -0.893. The van der Waals surface area contributed by atoms with Gasteiger partial charge in [-0.2, -0.15) is 0 Å². The second-order valence-corrected chi connectivity index (χ2v) is 23.9. The Hall–Kier alpha value is -0.760. The third-order valence-corrected chi connectivity index (χ3v) is 20.3. The minimum atomic E-state index is -1.88. The summed E-state index contributed by atoms with van der Waals surface area (Å²) < 4.78 is 49.6. The van der Waals surface area contributed by atoms with Crippen molar-refractivity contribution in [3.05, 3.63) is 0 Å². The molecule has 19 heteroatoms. The number of aliphatic hydroxyl groups excluding tert-OH is 10. The Balaban J connectivity index is 0.868. The van der Waals surface area contributed by atoms with Gasteiger partial charge in [-0.1, -0.05) is 34.6 Å². The van der Waals surface area contributed by atoms with Gasteiger partial charge in [0.2, 0.25) is 5.79 Å². The first kappa shape index (κ1) is 48.8. The standard InChI is InChI=1S/C47H76O19/c1-19-27-21(65-47(58)36(19)66-42(4,5)40(47)57)14-44(7)25-9-8-24-41(2,3)26(10-11-45(24)18-46(25,45)13-12-43(27,44)6)62-38-34(28(51)20(50)17-59-38)64-39-35(32(55)30(53)23(16-49)61-39)63-37-33(56)31(54)29(52)22(15-48)60-37/h19-40,48-58H,8-18H2,1-7H3/t19-,20+,21-,22+,23+,24-,25-,26-,27-,28-,29+,30+,31-,32-,33+,34+,35+,36+,37-,38-,39-,40+,43+,44-,45+,46-,47-/m0/s1. The van der Waals surface area contributed by atoms with E-state index in [9.17, 15) is 56.2 Å². The molecule has 5 saturated carbocycles. The fourth-order valence-corrected chi connectivity index (χ4v) is 16.9. The first-order valence-corrected chi connectivity index (χ1v) is 24.5. The maximum atomic E-state index is 11.9. The van der Waals surface area contributed by atoms with E-state index in [1.54, 1.807) is 0 Å². The van der Waals surface area contributed by atoms with E-state index in [0.29, 0.717) is 12.3 Å². The molecule has 5 aliphatic carbocycles. The van der Waals surface area contributed by atoms with E-state index >= 15 is 0 Å². The lowest BCUT2D eigenvalue weighted by molar-refractivity contribution is -0.392. The summed E-state index contributed by atoms with van der Waals surface area (Å²) in [4.78, 5) is 0. The molecule has 10 aliphatic rings. The lowest BCUT2D eigenvalue weighted by Gasteiger charge is -2.63. The second kappa shape index (κ2) is 16.1. The Morgan fingerprint density at radius 2 is 1.21 bits per heavy atom. The van der Waals surface area contributed by atoms with Crippen molar-refractivity contribution >= 4 is 0 Å². The lowest BCUT2D eigenvalue weighted by atomic mass is 9.41. The maximum Gasteiger partial charge on any atom is 0.222 e. The molecule has 27 atom stereocenters. The van der Waals surface area contributed by atoms with Crippen LogP contribution in [-0.4, -0.2) is 198 Å². The molecule has 10 rings (SSSR count). The van der Waals surface area contributed by atoms with Crippen LogP contribution >= 0.6 is 0 Å². The average molecular weight is 945 g/mol. The van der Waals surface area contributed by atoms with Gasteiger partial charge in [0.1, 0.15) is 79.4 Å². The van der Waals surface area contributed by atoms with Crippen LogP contribution in [0.2, 0.25) is 0 Å². The van der Waals surface area contributed by atoms with Gasteiger partial charge in [0.05, 0.1) is 37.6 Å². The van der Waals surface area contributed by atoms with Crippen molar-refractivity contribution < 1.29 is 94.1 Å². The molecule has 11 N–H and O–H groups in total. The highest BCUT2D eigenvalue weighted by molar-refractivity contribution is 5.32. The van der Waals surface area contributed by atoms with Crippen LogP contribution in [0.15, 0.2) is 0 Å². The molecule has 5 saturated heterocycles. The first-order valence-electron chi connectivity index (χ1n) is 24.5. The number of aliphatic hydroxyl groups is 11. The molecule has 0 aromatic carbocycles. The minimum Gasteiger partial charge on any atom is -0.394 e. The smallest absolute Gasteiger partial charge is 0.222 e. The number of ether oxygens (including phenoxy) is 8. The number of hydrogen-bond donors (Lipinski definition) is 11. The van der Waals surface area contributed by atoms with E-state index in [1.165, 1.54) is 0 Å². The molecule has 0 aromatic heterocycles. The Labute approximate surface area is 385 Å². The maximum absolute atomic E-state index is 11.9. The van der Waals surface area contributed by atoms with Gasteiger partial charge in [0.15, 0.2) is 18.9 Å². The summed E-state index contributed by atoms with van der Waals surface area (Å²) in [6.45, 7) is 13.4. The zero-order valence-corrected chi connectivity index (χ0v) is 39.2. The van der Waals surface area contributed by atoms with E-state index < -0.39 is 123 Å². The molecule has 19 nitrogen and oxygen atoms in total. The predicted molar refractivity (Wildman–Crippen MR) is 224 cm³/mol. The molecule has 66 heavy (non-hydrogen) atoms. The van der Waals surface area contributed by atoms with E-state index in [4.69, 9.17) is 37.9 Å². The highest BCUT2D eigenvalue weighted by Gasteiger charge is 2.84. The Morgan fingerprint density at radius 3 is 1.89 bits per heavy atom. The van der Waals surface area contributed by atoms with Gasteiger partial charge in [0, 0.05) is 0 Å². The molecule has 0 unspecified atom stereocenters. The van der Waals surface area contributed by atoms with Gasteiger partial charge >= 0.3 is 0 Å². The molecular formula is C47H76O19. The van der Waals surface area contributed by atoms with Gasteiger partial charge in [-0.05, 0) is 116 Å². The lowest BCUT2D eigenvalue weighted by Crippen LogP contribution is -2.66. The fraction of sp³-hybridized carbons (Fsp3) is 1.00. The van der Waals surface area contributed by atoms with Crippen LogP contribution in [0.4, 0.5) is 0 Å². The van der Waals surface area contributed by atoms with E-state index in [2.05, 4.69) is 34.6 Å². The topological polar surface area (TPSA) is 296 Å². The van der Waals surface area contributed by atoms with Gasteiger partial charge in [0.25, 0.3) is 0 Å². The molecule has 5 heterocycles. The molecule has 5 aliphatic heterocycles. The zero-order valence-electron chi connectivity index (χ0n) is 39.2. The molecule has 2 spiro atoms. The minimum absolute atomic E-state index is 0.0187. The molecule has 0 amide bonds. The van der Waals surface area contributed by atoms with Crippen LogP contribution in [0, 0.1) is 50.7 Å². The van der Waals surface area contributed by atoms with Gasteiger partial charge < -0.3 is 94.1 Å².